The lowest BCUT2D eigenvalue weighted by Gasteiger charge is -2.41. The van der Waals surface area contributed by atoms with Gasteiger partial charge in [0.05, 0.1) is 30.1 Å². The third-order valence-electron chi connectivity index (χ3n) is 10.3. The van der Waals surface area contributed by atoms with E-state index < -0.39 is 35.1 Å². The van der Waals surface area contributed by atoms with Crippen LogP contribution in [0.4, 0.5) is 11.4 Å². The predicted octanol–water partition coefficient (Wildman–Crippen LogP) is 3.43. The van der Waals surface area contributed by atoms with Gasteiger partial charge in [0, 0.05) is 44.6 Å². The molecular weight excluding hydrogens is 568 g/mol. The summed E-state index contributed by atoms with van der Waals surface area (Å²) < 4.78 is 7.06. The molecular formula is C36H44N4O5. The van der Waals surface area contributed by atoms with Crippen LogP contribution in [0.25, 0.3) is 0 Å². The van der Waals surface area contributed by atoms with Gasteiger partial charge in [-0.3, -0.25) is 14.4 Å². The Hall–Kier alpha value is -3.95. The van der Waals surface area contributed by atoms with E-state index in [1.165, 1.54) is 0 Å². The molecule has 0 aliphatic carbocycles. The number of carbonyl (C=O) groups is 3. The van der Waals surface area contributed by atoms with Crippen molar-refractivity contribution in [2.24, 2.45) is 11.8 Å². The zero-order valence-electron chi connectivity index (χ0n) is 26.6. The lowest BCUT2D eigenvalue weighted by atomic mass is 9.73. The highest BCUT2D eigenvalue weighted by Crippen LogP contribution is 2.59. The van der Waals surface area contributed by atoms with Gasteiger partial charge in [-0.15, -0.1) is 0 Å². The molecule has 45 heavy (non-hydrogen) atoms. The fourth-order valence-corrected chi connectivity index (χ4v) is 8.02. The van der Waals surface area contributed by atoms with Crippen molar-refractivity contribution in [2.45, 2.75) is 56.9 Å². The number of nitrogens with zero attached hydrogens (tertiary/aromatic N) is 4. The predicted molar refractivity (Wildman–Crippen MR) is 174 cm³/mol. The Morgan fingerprint density at radius 2 is 1.58 bits per heavy atom. The molecule has 9 heteroatoms. The van der Waals surface area contributed by atoms with Crippen molar-refractivity contribution >= 4 is 29.1 Å². The van der Waals surface area contributed by atoms with Gasteiger partial charge in [-0.25, -0.2) is 0 Å². The summed E-state index contributed by atoms with van der Waals surface area (Å²) >= 11 is 0. The van der Waals surface area contributed by atoms with E-state index in [1.54, 1.807) is 21.7 Å². The molecule has 9 nitrogen and oxygen atoms in total. The molecule has 0 radical (unpaired) electrons. The maximum atomic E-state index is 14.9. The molecule has 2 saturated heterocycles. The van der Waals surface area contributed by atoms with E-state index in [-0.39, 0.29) is 30.9 Å². The van der Waals surface area contributed by atoms with Crippen molar-refractivity contribution in [1.82, 2.24) is 9.80 Å². The Bertz CT molecular complexity index is 1490. The number of rotatable bonds is 9. The van der Waals surface area contributed by atoms with Gasteiger partial charge in [-0.2, -0.15) is 0 Å². The molecule has 4 heterocycles. The summed E-state index contributed by atoms with van der Waals surface area (Å²) in [5.41, 5.74) is 0.300. The lowest BCUT2D eigenvalue weighted by Crippen LogP contribution is -2.59. The highest BCUT2D eigenvalue weighted by atomic mass is 16.5. The number of ether oxygens (including phenoxy) is 1. The van der Waals surface area contributed by atoms with Crippen LogP contribution in [0.2, 0.25) is 0 Å². The maximum absolute atomic E-state index is 14.9. The van der Waals surface area contributed by atoms with Gasteiger partial charge in [-0.1, -0.05) is 61.6 Å². The first-order chi connectivity index (χ1) is 21.7. The third-order valence-corrected chi connectivity index (χ3v) is 10.3. The number of likely N-dealkylation sites (N-methyl/N-ethyl adjacent to an activating group) is 1. The van der Waals surface area contributed by atoms with Crippen LogP contribution in [-0.2, 0) is 25.5 Å². The summed E-state index contributed by atoms with van der Waals surface area (Å²) in [6.07, 6.45) is 8.45. The Morgan fingerprint density at radius 1 is 0.889 bits per heavy atom. The molecule has 0 aromatic heterocycles. The van der Waals surface area contributed by atoms with E-state index in [0.29, 0.717) is 25.1 Å². The fourth-order valence-electron chi connectivity index (χ4n) is 8.02. The van der Waals surface area contributed by atoms with Crippen LogP contribution in [0.1, 0.15) is 32.8 Å². The maximum Gasteiger partial charge on any atom is 0.253 e. The SMILES string of the molecule is CCN(CC)c1ccc(N2CC=C[C@]34O[C@]5(CC)C=CCN(C)C(=O)[C@@H]5[C@H]3C(=O)N([C@@H](CO)Cc3ccccc3)C4C2=O)cc1. The summed E-state index contributed by atoms with van der Waals surface area (Å²) in [5, 5.41) is 10.8. The van der Waals surface area contributed by atoms with E-state index in [0.717, 1.165) is 24.3 Å². The van der Waals surface area contributed by atoms with Gasteiger partial charge >= 0.3 is 0 Å². The first kappa shape index (κ1) is 31.0. The van der Waals surface area contributed by atoms with E-state index in [2.05, 4.69) is 18.7 Å². The number of aliphatic hydroxyl groups is 1. The standard InChI is InChI=1S/C36H44N4O5/c1-5-35-19-11-21-37(4)32(42)29(35)30-33(43)40(28(24-41)23-25-13-9-8-10-14-25)31-34(44)39(22-12-20-36(30,31)45-35)27-17-15-26(16-18-27)38(6-2)7-3/h8-20,28-31,41H,5-7,21-24H2,1-4H3/t28-,29+,30+,31?,35-,36+/m1/s1. The van der Waals surface area contributed by atoms with Crippen molar-refractivity contribution in [3.05, 3.63) is 84.5 Å². The number of aliphatic hydroxyl groups excluding tert-OH is 1. The van der Waals surface area contributed by atoms with Crippen LogP contribution in [0.15, 0.2) is 78.9 Å². The molecule has 6 atom stereocenters. The van der Waals surface area contributed by atoms with Crippen LogP contribution in [0, 0.1) is 11.8 Å². The third kappa shape index (κ3) is 4.88. The number of hydrogen-bond acceptors (Lipinski definition) is 6. The van der Waals surface area contributed by atoms with Gasteiger partial charge in [0.25, 0.3) is 5.91 Å². The molecule has 6 rings (SSSR count). The summed E-state index contributed by atoms with van der Waals surface area (Å²) in [6.45, 7) is 8.28. The molecule has 2 aromatic rings. The Kier molecular flexibility index (Phi) is 8.35. The first-order valence-electron chi connectivity index (χ1n) is 16.2. The first-order valence-corrected chi connectivity index (χ1v) is 16.2. The van der Waals surface area contributed by atoms with Gasteiger partial charge in [0.1, 0.15) is 11.6 Å². The number of fused-ring (bicyclic) bond motifs is 2. The summed E-state index contributed by atoms with van der Waals surface area (Å²) in [4.78, 5) is 50.9. The van der Waals surface area contributed by atoms with Gasteiger partial charge in [0.2, 0.25) is 11.8 Å². The van der Waals surface area contributed by atoms with E-state index in [1.807, 2.05) is 85.8 Å². The molecule has 1 spiro atoms. The number of anilines is 2. The van der Waals surface area contributed by atoms with E-state index in [9.17, 15) is 19.5 Å². The molecule has 1 unspecified atom stereocenters. The molecule has 2 fully saturated rings. The van der Waals surface area contributed by atoms with Gasteiger partial charge in [-0.05, 0) is 56.5 Å². The van der Waals surface area contributed by atoms with Crippen LogP contribution in [0.5, 0.6) is 0 Å². The number of hydrogen-bond donors (Lipinski definition) is 1. The fraction of sp³-hybridized carbons (Fsp3) is 0.472. The monoisotopic (exact) mass is 612 g/mol. The Labute approximate surface area is 265 Å². The Morgan fingerprint density at radius 3 is 2.22 bits per heavy atom. The topological polar surface area (TPSA) is 93.6 Å². The van der Waals surface area contributed by atoms with E-state index in [4.69, 9.17) is 4.74 Å². The summed E-state index contributed by atoms with van der Waals surface area (Å²) in [5.74, 6) is -2.51. The minimum absolute atomic E-state index is 0.171. The van der Waals surface area contributed by atoms with Crippen LogP contribution >= 0.6 is 0 Å². The second kappa shape index (κ2) is 12.1. The number of amides is 3. The second-order valence-corrected chi connectivity index (χ2v) is 12.6. The summed E-state index contributed by atoms with van der Waals surface area (Å²) in [7, 11) is 1.74. The molecule has 238 valence electrons. The Balaban J connectivity index is 1.47. The molecule has 3 amide bonds. The second-order valence-electron chi connectivity index (χ2n) is 12.6. The highest BCUT2D eigenvalue weighted by Gasteiger charge is 2.75. The van der Waals surface area contributed by atoms with Crippen LogP contribution < -0.4 is 9.80 Å². The van der Waals surface area contributed by atoms with Gasteiger partial charge in [0.15, 0.2) is 0 Å². The lowest BCUT2D eigenvalue weighted by molar-refractivity contribution is -0.152. The molecule has 4 aliphatic rings. The smallest absolute Gasteiger partial charge is 0.253 e. The molecule has 1 N–H and O–H groups in total. The minimum atomic E-state index is -1.38. The normalized spacial score (nSPS) is 29.8. The number of likely N-dealkylation sites (tertiary alicyclic amines) is 1. The molecule has 4 aliphatic heterocycles. The number of carbonyl (C=O) groups excluding carboxylic acids is 3. The zero-order valence-corrected chi connectivity index (χ0v) is 26.6. The van der Waals surface area contributed by atoms with Crippen LogP contribution in [-0.4, -0.2) is 95.7 Å². The molecule has 0 saturated carbocycles. The van der Waals surface area contributed by atoms with E-state index >= 15 is 0 Å². The van der Waals surface area contributed by atoms with Crippen molar-refractivity contribution in [2.75, 3.05) is 49.6 Å². The largest absolute Gasteiger partial charge is 0.394 e. The van der Waals surface area contributed by atoms with Gasteiger partial charge < -0.3 is 29.4 Å². The minimum Gasteiger partial charge on any atom is -0.394 e. The average molecular weight is 613 g/mol. The van der Waals surface area contributed by atoms with Crippen molar-refractivity contribution in [1.29, 1.82) is 0 Å². The zero-order chi connectivity index (χ0) is 31.9. The quantitative estimate of drug-likeness (QED) is 0.437. The highest BCUT2D eigenvalue weighted by molar-refractivity contribution is 6.06. The molecule has 0 bridgehead atoms. The van der Waals surface area contributed by atoms with Crippen molar-refractivity contribution < 1.29 is 24.2 Å². The summed E-state index contributed by atoms with van der Waals surface area (Å²) in [6, 6.07) is 15.8. The number of benzene rings is 2. The van der Waals surface area contributed by atoms with Crippen molar-refractivity contribution in [3.63, 3.8) is 0 Å². The van der Waals surface area contributed by atoms with Crippen LogP contribution in [0.3, 0.4) is 0 Å². The average Bonchev–Trinajstić information content (AvgIpc) is 3.37. The molecule has 2 aromatic carbocycles. The van der Waals surface area contributed by atoms with Crippen molar-refractivity contribution in [3.8, 4) is 0 Å².